The second kappa shape index (κ2) is 8.76. The van der Waals surface area contributed by atoms with Crippen molar-refractivity contribution in [2.75, 3.05) is 17.7 Å². The average Bonchev–Trinajstić information content (AvgIpc) is 3.12. The van der Waals surface area contributed by atoms with Crippen molar-refractivity contribution < 1.29 is 22.7 Å². The van der Waals surface area contributed by atoms with Gasteiger partial charge in [0.05, 0.1) is 10.6 Å². The number of rotatable bonds is 7. The molecular formula is C19H20N2O5S2. The van der Waals surface area contributed by atoms with E-state index in [0.717, 1.165) is 17.7 Å². The molecule has 0 saturated heterocycles. The molecule has 9 heteroatoms. The van der Waals surface area contributed by atoms with Crippen molar-refractivity contribution >= 4 is 39.3 Å². The monoisotopic (exact) mass is 420 g/mol. The third-order valence-electron chi connectivity index (χ3n) is 4.26. The second-order valence-corrected chi connectivity index (χ2v) is 8.96. The molecule has 0 radical (unpaired) electrons. The maximum Gasteiger partial charge on any atom is 0.316 e. The van der Waals surface area contributed by atoms with Gasteiger partial charge in [-0.3, -0.25) is 9.59 Å². The molecule has 0 aliphatic heterocycles. The van der Waals surface area contributed by atoms with Crippen molar-refractivity contribution in [1.29, 1.82) is 0 Å². The van der Waals surface area contributed by atoms with Crippen molar-refractivity contribution in [3.63, 3.8) is 0 Å². The molecule has 0 bridgehead atoms. The minimum atomic E-state index is -3.79. The Morgan fingerprint density at radius 1 is 1.07 bits per heavy atom. The first kappa shape index (κ1) is 20.4. The molecule has 0 spiro atoms. The largest absolute Gasteiger partial charge is 0.455 e. The zero-order chi connectivity index (χ0) is 20.1. The molecule has 0 saturated carbocycles. The van der Waals surface area contributed by atoms with Crippen LogP contribution >= 0.6 is 11.8 Å². The standard InChI is InChI=1S/C19H20N2O5S2/c20-28(24,25)17-8-5-15(6-9-17)21-18(22)11-26-19(23)12-27-16-7-4-13-2-1-3-14(13)10-16/h4-10H,1-3,11-12H2,(H,21,22)(H2,20,24,25). The van der Waals surface area contributed by atoms with E-state index in [1.54, 1.807) is 0 Å². The maximum absolute atomic E-state index is 11.9. The smallest absolute Gasteiger partial charge is 0.316 e. The number of primary sulfonamides is 1. The Balaban J connectivity index is 1.42. The maximum atomic E-state index is 11.9. The summed E-state index contributed by atoms with van der Waals surface area (Å²) in [5, 5.41) is 7.53. The lowest BCUT2D eigenvalue weighted by atomic mass is 10.1. The highest BCUT2D eigenvalue weighted by Crippen LogP contribution is 2.27. The average molecular weight is 421 g/mol. The van der Waals surface area contributed by atoms with Crippen molar-refractivity contribution in [2.24, 2.45) is 5.14 Å². The van der Waals surface area contributed by atoms with Gasteiger partial charge >= 0.3 is 5.97 Å². The molecule has 3 rings (SSSR count). The van der Waals surface area contributed by atoms with Crippen LogP contribution in [0.4, 0.5) is 5.69 Å². The first-order valence-electron chi connectivity index (χ1n) is 8.64. The van der Waals surface area contributed by atoms with Crippen LogP contribution in [0.1, 0.15) is 17.5 Å². The molecule has 0 unspecified atom stereocenters. The molecule has 0 atom stereocenters. The Hall–Kier alpha value is -2.36. The number of fused-ring (bicyclic) bond motifs is 1. The Morgan fingerprint density at radius 2 is 1.79 bits per heavy atom. The molecule has 2 aromatic carbocycles. The lowest BCUT2D eigenvalue weighted by molar-refractivity contribution is -0.144. The SMILES string of the molecule is NS(=O)(=O)c1ccc(NC(=O)COC(=O)CSc2ccc3c(c2)CCC3)cc1. The van der Waals surface area contributed by atoms with Gasteiger partial charge in [0.25, 0.3) is 5.91 Å². The molecule has 28 heavy (non-hydrogen) atoms. The molecule has 1 amide bonds. The van der Waals surface area contributed by atoms with Crippen LogP contribution < -0.4 is 10.5 Å². The van der Waals surface area contributed by atoms with Crippen molar-refractivity contribution in [3.05, 3.63) is 53.6 Å². The van der Waals surface area contributed by atoms with Crippen LogP contribution in [-0.2, 0) is 37.2 Å². The van der Waals surface area contributed by atoms with E-state index in [2.05, 4.69) is 17.4 Å². The predicted molar refractivity (Wildman–Crippen MR) is 107 cm³/mol. The molecule has 0 heterocycles. The summed E-state index contributed by atoms with van der Waals surface area (Å²) < 4.78 is 27.4. The number of benzene rings is 2. The number of amides is 1. The molecule has 2 aromatic rings. The number of nitrogens with one attached hydrogen (secondary N) is 1. The number of nitrogens with two attached hydrogens (primary N) is 1. The molecule has 7 nitrogen and oxygen atoms in total. The van der Waals surface area contributed by atoms with E-state index in [1.807, 2.05) is 6.07 Å². The highest BCUT2D eigenvalue weighted by Gasteiger charge is 2.13. The Labute approximate surface area is 167 Å². The number of hydrogen-bond acceptors (Lipinski definition) is 6. The number of thioether (sulfide) groups is 1. The molecule has 0 aromatic heterocycles. The minimum absolute atomic E-state index is 0.0551. The predicted octanol–water partition coefficient (Wildman–Crippen LogP) is 2.10. The highest BCUT2D eigenvalue weighted by atomic mass is 32.2. The van der Waals surface area contributed by atoms with E-state index < -0.39 is 28.5 Å². The van der Waals surface area contributed by atoms with Gasteiger partial charge < -0.3 is 10.1 Å². The van der Waals surface area contributed by atoms with E-state index in [0.29, 0.717) is 5.69 Å². The quantitative estimate of drug-likeness (QED) is 0.523. The van der Waals surface area contributed by atoms with Gasteiger partial charge in [0.1, 0.15) is 0 Å². The summed E-state index contributed by atoms with van der Waals surface area (Å²) in [5.41, 5.74) is 3.09. The second-order valence-electron chi connectivity index (χ2n) is 6.35. The van der Waals surface area contributed by atoms with Crippen LogP contribution in [0, 0.1) is 0 Å². The number of ether oxygens (including phenoxy) is 1. The fourth-order valence-electron chi connectivity index (χ4n) is 2.89. The summed E-state index contributed by atoms with van der Waals surface area (Å²) in [6.07, 6.45) is 3.36. The van der Waals surface area contributed by atoms with Crippen LogP contribution in [0.25, 0.3) is 0 Å². The fraction of sp³-hybridized carbons (Fsp3) is 0.263. The number of sulfonamides is 1. The van der Waals surface area contributed by atoms with Crippen LogP contribution in [0.3, 0.4) is 0 Å². The lowest BCUT2D eigenvalue weighted by Gasteiger charge is -2.08. The summed E-state index contributed by atoms with van der Waals surface area (Å²) in [6, 6.07) is 11.6. The van der Waals surface area contributed by atoms with Gasteiger partial charge in [-0.25, -0.2) is 13.6 Å². The van der Waals surface area contributed by atoms with Crippen LogP contribution in [0.5, 0.6) is 0 Å². The summed E-state index contributed by atoms with van der Waals surface area (Å²) in [6.45, 7) is -0.416. The molecule has 3 N–H and O–H groups in total. The molecule has 1 aliphatic rings. The lowest BCUT2D eigenvalue weighted by Crippen LogP contribution is -2.21. The summed E-state index contributed by atoms with van der Waals surface area (Å²) in [7, 11) is -3.79. The van der Waals surface area contributed by atoms with Crippen LogP contribution in [-0.4, -0.2) is 32.7 Å². The van der Waals surface area contributed by atoms with Gasteiger partial charge in [-0.05, 0) is 66.8 Å². The third-order valence-corrected chi connectivity index (χ3v) is 6.15. The van der Waals surface area contributed by atoms with Crippen LogP contribution in [0.15, 0.2) is 52.3 Å². The van der Waals surface area contributed by atoms with Crippen molar-refractivity contribution in [1.82, 2.24) is 0 Å². The summed E-state index contributed by atoms with van der Waals surface area (Å²) in [4.78, 5) is 24.7. The number of hydrogen-bond donors (Lipinski definition) is 2. The number of aryl methyl sites for hydroxylation is 2. The zero-order valence-electron chi connectivity index (χ0n) is 15.0. The van der Waals surface area contributed by atoms with E-state index in [4.69, 9.17) is 9.88 Å². The van der Waals surface area contributed by atoms with Gasteiger partial charge in [-0.2, -0.15) is 0 Å². The zero-order valence-corrected chi connectivity index (χ0v) is 16.6. The van der Waals surface area contributed by atoms with E-state index >= 15 is 0 Å². The minimum Gasteiger partial charge on any atom is -0.455 e. The molecule has 1 aliphatic carbocycles. The number of carbonyl (C=O) groups excluding carboxylic acids is 2. The van der Waals surface area contributed by atoms with Gasteiger partial charge in [-0.15, -0.1) is 11.8 Å². The fourth-order valence-corrected chi connectivity index (χ4v) is 4.17. The first-order chi connectivity index (χ1) is 13.3. The van der Waals surface area contributed by atoms with E-state index in [-0.39, 0.29) is 10.6 Å². The Kier molecular flexibility index (Phi) is 6.38. The number of carbonyl (C=O) groups is 2. The number of anilines is 1. The van der Waals surface area contributed by atoms with Gasteiger partial charge in [-0.1, -0.05) is 6.07 Å². The van der Waals surface area contributed by atoms with Crippen molar-refractivity contribution in [2.45, 2.75) is 29.1 Å². The van der Waals surface area contributed by atoms with E-state index in [1.165, 1.54) is 53.6 Å². The Morgan fingerprint density at radius 3 is 2.50 bits per heavy atom. The number of esters is 1. The molecule has 148 valence electrons. The van der Waals surface area contributed by atoms with Gasteiger partial charge in [0.15, 0.2) is 6.61 Å². The van der Waals surface area contributed by atoms with E-state index in [9.17, 15) is 18.0 Å². The molecular weight excluding hydrogens is 400 g/mol. The summed E-state index contributed by atoms with van der Waals surface area (Å²) >= 11 is 1.38. The normalized spacial score (nSPS) is 13.0. The topological polar surface area (TPSA) is 116 Å². The Bertz CT molecular complexity index is 988. The van der Waals surface area contributed by atoms with Gasteiger partial charge in [0, 0.05) is 10.6 Å². The highest BCUT2D eigenvalue weighted by molar-refractivity contribution is 8.00. The molecule has 0 fully saturated rings. The van der Waals surface area contributed by atoms with Gasteiger partial charge in [0.2, 0.25) is 10.0 Å². The third kappa shape index (κ3) is 5.57. The summed E-state index contributed by atoms with van der Waals surface area (Å²) in [5.74, 6) is -0.876. The first-order valence-corrected chi connectivity index (χ1v) is 11.2. The van der Waals surface area contributed by atoms with Crippen molar-refractivity contribution in [3.8, 4) is 0 Å². The van der Waals surface area contributed by atoms with Crippen LogP contribution in [0.2, 0.25) is 0 Å².